The lowest BCUT2D eigenvalue weighted by molar-refractivity contribution is 0.0930. The number of hydrogen-bond acceptors (Lipinski definition) is 4. The van der Waals surface area contributed by atoms with Crippen molar-refractivity contribution in [3.8, 4) is 22.8 Å². The van der Waals surface area contributed by atoms with Gasteiger partial charge in [0.1, 0.15) is 16.4 Å². The van der Waals surface area contributed by atoms with Gasteiger partial charge < -0.3 is 10.1 Å². The second kappa shape index (κ2) is 8.24. The number of carbonyl (C=O) groups excluding carboxylic acids is 1. The smallest absolute Gasteiger partial charge is 0.279 e. The molecule has 0 saturated heterocycles. The Bertz CT molecular complexity index is 1050. The van der Waals surface area contributed by atoms with Crippen molar-refractivity contribution in [3.05, 3.63) is 76.5 Å². The minimum absolute atomic E-state index is 0.182. The summed E-state index contributed by atoms with van der Waals surface area (Å²) in [6.45, 7) is 5.63. The van der Waals surface area contributed by atoms with Crippen LogP contribution in [0.4, 0.5) is 4.39 Å². The van der Waals surface area contributed by atoms with Gasteiger partial charge in [-0.05, 0) is 45.0 Å². The molecule has 0 aliphatic rings. The summed E-state index contributed by atoms with van der Waals surface area (Å²) in [4.78, 5) is 17.2. The van der Waals surface area contributed by atoms with Crippen molar-refractivity contribution in [2.24, 2.45) is 0 Å². The van der Waals surface area contributed by atoms with Crippen LogP contribution in [0, 0.1) is 24.6 Å². The highest BCUT2D eigenvalue weighted by Gasteiger charge is 2.18. The first kappa shape index (κ1) is 19.6. The van der Waals surface area contributed by atoms with Crippen molar-refractivity contribution in [2.75, 3.05) is 0 Å². The van der Waals surface area contributed by atoms with E-state index in [1.54, 1.807) is 30.5 Å². The summed E-state index contributed by atoms with van der Waals surface area (Å²) in [7, 11) is 0. The molecule has 0 saturated carbocycles. The summed E-state index contributed by atoms with van der Waals surface area (Å²) in [5, 5.41) is 3.29. The Labute approximate surface area is 167 Å². The summed E-state index contributed by atoms with van der Waals surface area (Å²) < 4.78 is 18.8. The van der Waals surface area contributed by atoms with Crippen LogP contribution in [0.5, 0.6) is 10.9 Å². The Hall–Kier alpha value is -3.17. The summed E-state index contributed by atoms with van der Waals surface area (Å²) in [5.41, 5.74) is 0.955. The lowest BCUT2D eigenvalue weighted by Crippen LogP contribution is -2.42. The molecule has 0 unspecified atom stereocenters. The van der Waals surface area contributed by atoms with Gasteiger partial charge in [-0.1, -0.05) is 46.9 Å². The molecule has 3 aromatic rings. The zero-order chi connectivity index (χ0) is 20.1. The number of ether oxygens (including phenoxy) is 1. The Morgan fingerprint density at radius 2 is 1.96 bits per heavy atom. The first-order valence-corrected chi connectivity index (χ1v) is 9.44. The lowest BCUT2D eigenvalue weighted by atomic mass is 10.0. The second-order valence-corrected chi connectivity index (χ2v) is 7.74. The number of aromatic nitrogens is 1. The summed E-state index contributed by atoms with van der Waals surface area (Å²) in [5.74, 6) is 5.87. The molecule has 2 aromatic carbocycles. The van der Waals surface area contributed by atoms with Gasteiger partial charge in [0.05, 0.1) is 11.7 Å². The van der Waals surface area contributed by atoms with Crippen LogP contribution in [0.25, 0.3) is 0 Å². The molecule has 4 nitrogen and oxygen atoms in total. The van der Waals surface area contributed by atoms with Crippen LogP contribution in [0.15, 0.2) is 54.7 Å². The third-order valence-electron chi connectivity index (χ3n) is 3.72. The maximum Gasteiger partial charge on any atom is 0.279 e. The Kier molecular flexibility index (Phi) is 5.76. The standard InChI is InChI=1S/C22H19FN2O2S/c1-15-7-9-16(10-8-15)20(26)25-22(2,3)12-11-19-14-24-21(28-19)27-18-6-4-5-17(23)13-18/h4-10,13-14H,1-3H3,(H,25,26). The van der Waals surface area contributed by atoms with Gasteiger partial charge in [0.15, 0.2) is 0 Å². The zero-order valence-electron chi connectivity index (χ0n) is 15.7. The number of thiazole rings is 1. The van der Waals surface area contributed by atoms with Crippen molar-refractivity contribution >= 4 is 17.2 Å². The predicted octanol–water partition coefficient (Wildman–Crippen LogP) is 4.94. The Morgan fingerprint density at radius 1 is 1.21 bits per heavy atom. The SMILES string of the molecule is Cc1ccc(C(=O)NC(C)(C)C#Cc2cnc(Oc3cccc(F)c3)s2)cc1. The molecule has 0 atom stereocenters. The van der Waals surface area contributed by atoms with E-state index in [-0.39, 0.29) is 11.7 Å². The number of nitrogens with zero attached hydrogens (tertiary/aromatic N) is 1. The first-order chi connectivity index (χ1) is 13.3. The predicted molar refractivity (Wildman–Crippen MR) is 108 cm³/mol. The lowest BCUT2D eigenvalue weighted by Gasteiger charge is -2.19. The molecule has 0 fully saturated rings. The van der Waals surface area contributed by atoms with Crippen LogP contribution in [-0.4, -0.2) is 16.4 Å². The summed E-state index contributed by atoms with van der Waals surface area (Å²) in [6.07, 6.45) is 1.59. The molecule has 142 valence electrons. The molecule has 1 amide bonds. The van der Waals surface area contributed by atoms with Crippen LogP contribution in [0.2, 0.25) is 0 Å². The average molecular weight is 394 g/mol. The summed E-state index contributed by atoms with van der Waals surface area (Å²) in [6, 6.07) is 13.2. The number of nitrogens with one attached hydrogen (secondary N) is 1. The van der Waals surface area contributed by atoms with Crippen LogP contribution < -0.4 is 10.1 Å². The molecule has 1 heterocycles. The molecular formula is C22H19FN2O2S. The topological polar surface area (TPSA) is 51.2 Å². The zero-order valence-corrected chi connectivity index (χ0v) is 16.6. The second-order valence-electron chi connectivity index (χ2n) is 6.75. The molecule has 3 rings (SSSR count). The van der Waals surface area contributed by atoms with E-state index in [0.717, 1.165) is 5.56 Å². The van der Waals surface area contributed by atoms with Crippen molar-refractivity contribution in [3.63, 3.8) is 0 Å². The highest BCUT2D eigenvalue weighted by atomic mass is 32.1. The van der Waals surface area contributed by atoms with Crippen LogP contribution in [0.1, 0.15) is 34.6 Å². The largest absolute Gasteiger partial charge is 0.431 e. The molecule has 0 radical (unpaired) electrons. The quantitative estimate of drug-likeness (QED) is 0.638. The van der Waals surface area contributed by atoms with Gasteiger partial charge in [-0.15, -0.1) is 0 Å². The minimum atomic E-state index is -0.727. The molecule has 1 N–H and O–H groups in total. The van der Waals surface area contributed by atoms with Gasteiger partial charge in [-0.25, -0.2) is 9.37 Å². The van der Waals surface area contributed by atoms with E-state index in [1.165, 1.54) is 23.5 Å². The van der Waals surface area contributed by atoms with Gasteiger partial charge >= 0.3 is 0 Å². The van der Waals surface area contributed by atoms with E-state index in [4.69, 9.17) is 4.74 Å². The number of amides is 1. The van der Waals surface area contributed by atoms with E-state index in [9.17, 15) is 9.18 Å². The molecule has 6 heteroatoms. The molecule has 28 heavy (non-hydrogen) atoms. The summed E-state index contributed by atoms with van der Waals surface area (Å²) >= 11 is 1.25. The van der Waals surface area contributed by atoms with Crippen molar-refractivity contribution in [1.82, 2.24) is 10.3 Å². The highest BCUT2D eigenvalue weighted by Crippen LogP contribution is 2.26. The van der Waals surface area contributed by atoms with Gasteiger partial charge in [0.2, 0.25) is 0 Å². The van der Waals surface area contributed by atoms with Crippen molar-refractivity contribution in [1.29, 1.82) is 0 Å². The van der Waals surface area contributed by atoms with E-state index < -0.39 is 5.54 Å². The first-order valence-electron chi connectivity index (χ1n) is 8.62. The molecule has 1 aromatic heterocycles. The van der Waals surface area contributed by atoms with Crippen molar-refractivity contribution < 1.29 is 13.9 Å². The van der Waals surface area contributed by atoms with E-state index >= 15 is 0 Å². The van der Waals surface area contributed by atoms with E-state index in [1.807, 2.05) is 32.9 Å². The maximum atomic E-state index is 13.2. The number of rotatable bonds is 4. The molecule has 0 aliphatic carbocycles. The fourth-order valence-electron chi connectivity index (χ4n) is 2.30. The average Bonchev–Trinajstić information content (AvgIpc) is 3.08. The minimum Gasteiger partial charge on any atom is -0.431 e. The fourth-order valence-corrected chi connectivity index (χ4v) is 2.94. The monoisotopic (exact) mass is 394 g/mol. The van der Waals surface area contributed by atoms with E-state index in [2.05, 4.69) is 22.1 Å². The number of benzene rings is 2. The van der Waals surface area contributed by atoms with E-state index in [0.29, 0.717) is 21.4 Å². The van der Waals surface area contributed by atoms with Crippen LogP contribution >= 0.6 is 11.3 Å². The number of hydrogen-bond donors (Lipinski definition) is 1. The molecule has 0 bridgehead atoms. The number of carbonyl (C=O) groups is 1. The highest BCUT2D eigenvalue weighted by molar-refractivity contribution is 7.13. The third-order valence-corrected chi connectivity index (χ3v) is 4.51. The van der Waals surface area contributed by atoms with Crippen LogP contribution in [-0.2, 0) is 0 Å². The van der Waals surface area contributed by atoms with Gasteiger partial charge in [-0.3, -0.25) is 4.79 Å². The molecular weight excluding hydrogens is 375 g/mol. The molecule has 0 aliphatic heterocycles. The van der Waals surface area contributed by atoms with Crippen molar-refractivity contribution in [2.45, 2.75) is 26.3 Å². The Morgan fingerprint density at radius 3 is 2.68 bits per heavy atom. The third kappa shape index (κ3) is 5.41. The number of aryl methyl sites for hydroxylation is 1. The fraction of sp³-hybridized carbons (Fsp3) is 0.182. The Balaban J connectivity index is 1.65. The van der Waals surface area contributed by atoms with Gasteiger partial charge in [-0.2, -0.15) is 0 Å². The number of halogens is 1. The molecule has 0 spiro atoms. The van der Waals surface area contributed by atoms with Gasteiger partial charge in [0, 0.05) is 11.6 Å². The van der Waals surface area contributed by atoms with Gasteiger partial charge in [0.25, 0.3) is 11.1 Å². The maximum absolute atomic E-state index is 13.2. The van der Waals surface area contributed by atoms with Crippen LogP contribution in [0.3, 0.4) is 0 Å². The normalized spacial score (nSPS) is 10.7.